The van der Waals surface area contributed by atoms with E-state index in [0.29, 0.717) is 29.4 Å². The predicted molar refractivity (Wildman–Crippen MR) is 171 cm³/mol. The van der Waals surface area contributed by atoms with E-state index in [1.807, 2.05) is 36.4 Å². The Morgan fingerprint density at radius 1 is 0.864 bits per heavy atom. The summed E-state index contributed by atoms with van der Waals surface area (Å²) >= 11 is 0. The van der Waals surface area contributed by atoms with Gasteiger partial charge in [-0.25, -0.2) is 0 Å². The highest BCUT2D eigenvalue weighted by Gasteiger charge is 2.35. The van der Waals surface area contributed by atoms with Crippen molar-refractivity contribution in [2.24, 2.45) is 0 Å². The molecule has 8 nitrogen and oxygen atoms in total. The molecule has 226 valence electrons. The van der Waals surface area contributed by atoms with Crippen LogP contribution in [0.1, 0.15) is 53.9 Å². The number of benzene rings is 4. The molecule has 0 amide bonds. The lowest BCUT2D eigenvalue weighted by Crippen LogP contribution is -2.56. The fraction of sp³-hybridized carbons (Fsp3) is 0.250. The van der Waals surface area contributed by atoms with E-state index in [-0.39, 0.29) is 23.1 Å². The Labute approximate surface area is 257 Å². The Morgan fingerprint density at radius 3 is 2.25 bits per heavy atom. The van der Waals surface area contributed by atoms with Gasteiger partial charge in [-0.1, -0.05) is 84.0 Å². The molecule has 1 aliphatic heterocycles. The van der Waals surface area contributed by atoms with E-state index in [4.69, 9.17) is 4.52 Å². The molecule has 3 N–H and O–H groups in total. The van der Waals surface area contributed by atoms with Crippen molar-refractivity contribution in [3.8, 4) is 28.6 Å². The van der Waals surface area contributed by atoms with Crippen LogP contribution < -0.4 is 0 Å². The maximum Gasteiger partial charge on any atom is 0.258 e. The van der Waals surface area contributed by atoms with E-state index < -0.39 is 0 Å². The average Bonchev–Trinajstić information content (AvgIpc) is 3.51. The minimum absolute atomic E-state index is 0. The maximum absolute atomic E-state index is 11.6. The summed E-state index contributed by atoms with van der Waals surface area (Å²) in [5.74, 6) is 1.18. The maximum atomic E-state index is 11.6. The standard InChI is InChI=1S/C36H36N4O3.H2O/c1-24-22-40(25(2)21-39(24)23-27-8-5-4-6-9-27)34(32-10-7-11-33(42)20-32)29-14-16-30(17-15-29)35-37-36(43-38-35)31-18-12-28(13-19-31)26(3)41;/h4-20,24-25,34,42H,21-23H2,1-3H3;1H2. The Bertz CT molecular complexity index is 1690. The molecule has 3 unspecified atom stereocenters. The summed E-state index contributed by atoms with van der Waals surface area (Å²) in [5, 5.41) is 14.6. The first-order chi connectivity index (χ1) is 20.9. The summed E-state index contributed by atoms with van der Waals surface area (Å²) in [6.45, 7) is 8.90. The minimum atomic E-state index is -0.0295. The fourth-order valence-corrected chi connectivity index (χ4v) is 6.01. The number of carbonyl (C=O) groups excluding carboxylic acids is 1. The molecule has 3 atom stereocenters. The van der Waals surface area contributed by atoms with Crippen LogP contribution in [-0.2, 0) is 6.54 Å². The van der Waals surface area contributed by atoms with E-state index in [2.05, 4.69) is 82.3 Å². The SMILES string of the molecule is CC(=O)c1ccc(-c2nc(-c3ccc(C(c4cccc(O)c4)N4CC(C)N(Cc5ccccc5)CC4C)cc3)no2)cc1.O. The topological polar surface area (TPSA) is 114 Å². The molecule has 4 aromatic carbocycles. The first-order valence-corrected chi connectivity index (χ1v) is 14.7. The summed E-state index contributed by atoms with van der Waals surface area (Å²) in [5.41, 5.74) is 5.77. The number of phenols is 1. The Hall–Kier alpha value is -4.63. The highest BCUT2D eigenvalue weighted by atomic mass is 16.5. The van der Waals surface area contributed by atoms with Crippen molar-refractivity contribution in [2.75, 3.05) is 13.1 Å². The largest absolute Gasteiger partial charge is 0.508 e. The molecule has 1 aliphatic rings. The van der Waals surface area contributed by atoms with Crippen LogP contribution in [0.3, 0.4) is 0 Å². The highest BCUT2D eigenvalue weighted by Crippen LogP contribution is 2.36. The second-order valence-electron chi connectivity index (χ2n) is 11.5. The third-order valence-corrected chi connectivity index (χ3v) is 8.36. The van der Waals surface area contributed by atoms with Crippen LogP contribution in [0.25, 0.3) is 22.8 Å². The monoisotopic (exact) mass is 590 g/mol. The summed E-state index contributed by atoms with van der Waals surface area (Å²) in [6, 6.07) is 34.3. The normalized spacial score (nSPS) is 18.0. The molecule has 0 bridgehead atoms. The number of hydrogen-bond donors (Lipinski definition) is 1. The number of carbonyl (C=O) groups is 1. The Morgan fingerprint density at radius 2 is 1.57 bits per heavy atom. The molecule has 5 aromatic rings. The van der Waals surface area contributed by atoms with Gasteiger partial charge in [0.25, 0.3) is 5.89 Å². The van der Waals surface area contributed by atoms with E-state index in [9.17, 15) is 9.90 Å². The van der Waals surface area contributed by atoms with Gasteiger partial charge in [0.05, 0.1) is 6.04 Å². The number of rotatable bonds is 8. The summed E-state index contributed by atoms with van der Waals surface area (Å²) in [4.78, 5) is 21.3. The molecule has 0 radical (unpaired) electrons. The van der Waals surface area contributed by atoms with Crippen LogP contribution in [0.2, 0.25) is 0 Å². The summed E-state index contributed by atoms with van der Waals surface area (Å²) in [7, 11) is 0. The molecule has 0 saturated carbocycles. The van der Waals surface area contributed by atoms with Gasteiger partial charge >= 0.3 is 0 Å². The molecular weight excluding hydrogens is 552 g/mol. The van der Waals surface area contributed by atoms with Crippen molar-refractivity contribution in [3.63, 3.8) is 0 Å². The van der Waals surface area contributed by atoms with Gasteiger partial charge in [0.15, 0.2) is 5.78 Å². The molecule has 1 fully saturated rings. The molecule has 1 aromatic heterocycles. The zero-order valence-electron chi connectivity index (χ0n) is 25.2. The molecule has 44 heavy (non-hydrogen) atoms. The minimum Gasteiger partial charge on any atom is -0.508 e. The first kappa shape index (κ1) is 30.8. The van der Waals surface area contributed by atoms with E-state index >= 15 is 0 Å². The zero-order valence-corrected chi connectivity index (χ0v) is 25.2. The van der Waals surface area contributed by atoms with Crippen LogP contribution in [0.4, 0.5) is 0 Å². The second kappa shape index (κ2) is 13.3. The number of phenolic OH excluding ortho intramolecular Hbond substituents is 1. The van der Waals surface area contributed by atoms with Crippen molar-refractivity contribution in [1.29, 1.82) is 0 Å². The number of ketones is 1. The van der Waals surface area contributed by atoms with Crippen molar-refractivity contribution >= 4 is 5.78 Å². The summed E-state index contributed by atoms with van der Waals surface area (Å²) in [6.07, 6.45) is 0. The number of Topliss-reactive ketones (excluding diaryl/α,β-unsaturated/α-hetero) is 1. The first-order valence-electron chi connectivity index (χ1n) is 14.7. The molecule has 1 saturated heterocycles. The lowest BCUT2D eigenvalue weighted by Gasteiger charge is -2.47. The number of nitrogens with zero attached hydrogens (tertiary/aromatic N) is 4. The number of aromatic nitrogens is 2. The fourth-order valence-electron chi connectivity index (χ4n) is 6.01. The lowest BCUT2D eigenvalue weighted by atomic mass is 9.92. The van der Waals surface area contributed by atoms with Gasteiger partial charge in [-0.05, 0) is 61.7 Å². The van der Waals surface area contributed by atoms with Gasteiger partial charge in [0.2, 0.25) is 5.82 Å². The Balaban J connectivity index is 0.00000384. The summed E-state index contributed by atoms with van der Waals surface area (Å²) < 4.78 is 5.55. The van der Waals surface area contributed by atoms with Crippen molar-refractivity contribution in [3.05, 3.63) is 125 Å². The van der Waals surface area contributed by atoms with Gasteiger partial charge in [0.1, 0.15) is 5.75 Å². The van der Waals surface area contributed by atoms with Crippen LogP contribution >= 0.6 is 0 Å². The van der Waals surface area contributed by atoms with Crippen LogP contribution in [0, 0.1) is 0 Å². The van der Waals surface area contributed by atoms with Crippen LogP contribution in [0.15, 0.2) is 108 Å². The average molecular weight is 591 g/mol. The highest BCUT2D eigenvalue weighted by molar-refractivity contribution is 5.94. The number of hydrogen-bond acceptors (Lipinski definition) is 7. The lowest BCUT2D eigenvalue weighted by molar-refractivity contribution is 0.0195. The molecular formula is C36H38N4O4. The van der Waals surface area contributed by atoms with Gasteiger partial charge in [0, 0.05) is 48.4 Å². The predicted octanol–water partition coefficient (Wildman–Crippen LogP) is 6.17. The van der Waals surface area contributed by atoms with Crippen molar-refractivity contribution < 1.29 is 19.9 Å². The Kier molecular flexibility index (Phi) is 9.35. The third kappa shape index (κ3) is 6.63. The van der Waals surface area contributed by atoms with Crippen LogP contribution in [-0.4, -0.2) is 61.5 Å². The van der Waals surface area contributed by atoms with Crippen molar-refractivity contribution in [1.82, 2.24) is 19.9 Å². The third-order valence-electron chi connectivity index (χ3n) is 8.36. The quantitative estimate of drug-likeness (QED) is 0.215. The van der Waals surface area contributed by atoms with Gasteiger partial charge in [-0.2, -0.15) is 4.98 Å². The smallest absolute Gasteiger partial charge is 0.258 e. The van der Waals surface area contributed by atoms with E-state index in [1.54, 1.807) is 25.1 Å². The van der Waals surface area contributed by atoms with Crippen molar-refractivity contribution in [2.45, 2.75) is 45.4 Å². The molecule has 0 aliphatic carbocycles. The molecule has 6 rings (SSSR count). The molecule has 8 heteroatoms. The molecule has 2 heterocycles. The van der Waals surface area contributed by atoms with Crippen LogP contribution in [0.5, 0.6) is 5.75 Å². The number of piperazine rings is 1. The van der Waals surface area contributed by atoms with Gasteiger partial charge < -0.3 is 15.1 Å². The second-order valence-corrected chi connectivity index (χ2v) is 11.5. The van der Waals surface area contributed by atoms with E-state index in [0.717, 1.165) is 41.9 Å². The zero-order chi connectivity index (χ0) is 29.9. The number of aromatic hydroxyl groups is 1. The molecule has 0 spiro atoms. The van der Waals surface area contributed by atoms with Gasteiger partial charge in [-0.3, -0.25) is 14.6 Å². The van der Waals surface area contributed by atoms with Gasteiger partial charge in [-0.15, -0.1) is 0 Å². The van der Waals surface area contributed by atoms with E-state index in [1.165, 1.54) is 5.56 Å².